The molecule has 0 aliphatic carbocycles. The summed E-state index contributed by atoms with van der Waals surface area (Å²) in [5.41, 5.74) is 2.37. The van der Waals surface area contributed by atoms with Gasteiger partial charge in [0.15, 0.2) is 16.9 Å². The van der Waals surface area contributed by atoms with Crippen molar-refractivity contribution in [2.24, 2.45) is 0 Å². The summed E-state index contributed by atoms with van der Waals surface area (Å²) in [5.74, 6) is 1.06. The van der Waals surface area contributed by atoms with Crippen molar-refractivity contribution >= 4 is 48.7 Å². The summed E-state index contributed by atoms with van der Waals surface area (Å²) in [6, 6.07) is 18.0. The van der Waals surface area contributed by atoms with E-state index in [9.17, 15) is 9.59 Å². The van der Waals surface area contributed by atoms with Crippen molar-refractivity contribution in [3.8, 4) is 11.5 Å². The van der Waals surface area contributed by atoms with Gasteiger partial charge in [-0.3, -0.25) is 9.59 Å². The zero-order chi connectivity index (χ0) is 24.7. The minimum absolute atomic E-state index is 0.0992. The molecule has 5 rings (SSSR count). The number of fused-ring (bicyclic) bond motifs is 2. The van der Waals surface area contributed by atoms with Crippen LogP contribution in [0.2, 0.25) is 0 Å². The summed E-state index contributed by atoms with van der Waals surface area (Å²) in [5, 5.41) is 0.438. The second-order valence-corrected chi connectivity index (χ2v) is 10.0. The van der Waals surface area contributed by atoms with Crippen molar-refractivity contribution in [2.75, 3.05) is 20.8 Å². The van der Waals surface area contributed by atoms with E-state index in [-0.39, 0.29) is 17.1 Å². The van der Waals surface area contributed by atoms with E-state index < -0.39 is 6.04 Å². The second kappa shape index (κ2) is 9.51. The maximum absolute atomic E-state index is 13.7. The van der Waals surface area contributed by atoms with E-state index in [1.165, 1.54) is 0 Å². The van der Waals surface area contributed by atoms with Gasteiger partial charge in [-0.2, -0.15) is 0 Å². The molecule has 1 aromatic heterocycles. The van der Waals surface area contributed by atoms with Crippen LogP contribution in [-0.4, -0.2) is 31.6 Å². The van der Waals surface area contributed by atoms with Gasteiger partial charge in [0.05, 0.1) is 31.2 Å². The third-order valence-corrected chi connectivity index (χ3v) is 7.17. The molecular formula is C27H21Br2NO5. The highest BCUT2D eigenvalue weighted by Gasteiger charge is 2.42. The number of nitrogens with zero attached hydrogens (tertiary/aromatic N) is 1. The molecule has 1 amide bonds. The van der Waals surface area contributed by atoms with Gasteiger partial charge in [0.1, 0.15) is 5.58 Å². The van der Waals surface area contributed by atoms with Crippen molar-refractivity contribution < 1.29 is 18.7 Å². The number of ether oxygens (including phenoxy) is 2. The first-order valence-electron chi connectivity index (χ1n) is 10.9. The van der Waals surface area contributed by atoms with E-state index in [1.54, 1.807) is 37.3 Å². The smallest absolute Gasteiger partial charge is 0.290 e. The van der Waals surface area contributed by atoms with Gasteiger partial charge in [0.25, 0.3) is 5.91 Å². The van der Waals surface area contributed by atoms with Gasteiger partial charge >= 0.3 is 0 Å². The van der Waals surface area contributed by atoms with E-state index in [4.69, 9.17) is 13.9 Å². The summed E-state index contributed by atoms with van der Waals surface area (Å²) < 4.78 is 18.4. The predicted octanol–water partition coefficient (Wildman–Crippen LogP) is 6.12. The molecule has 0 unspecified atom stereocenters. The number of halogens is 2. The van der Waals surface area contributed by atoms with Crippen LogP contribution in [0.3, 0.4) is 0 Å². The third kappa shape index (κ3) is 4.25. The van der Waals surface area contributed by atoms with E-state index in [1.807, 2.05) is 42.5 Å². The zero-order valence-corrected chi connectivity index (χ0v) is 22.2. The molecule has 8 heteroatoms. The van der Waals surface area contributed by atoms with Crippen molar-refractivity contribution in [3.63, 3.8) is 0 Å². The van der Waals surface area contributed by atoms with Gasteiger partial charge in [-0.25, -0.2) is 0 Å². The van der Waals surface area contributed by atoms with Crippen LogP contribution in [0.5, 0.6) is 11.5 Å². The topological polar surface area (TPSA) is 69.0 Å². The van der Waals surface area contributed by atoms with E-state index in [2.05, 4.69) is 31.9 Å². The van der Waals surface area contributed by atoms with Crippen LogP contribution in [-0.2, 0) is 6.42 Å². The molecule has 0 spiro atoms. The Morgan fingerprint density at radius 2 is 1.69 bits per heavy atom. The van der Waals surface area contributed by atoms with E-state index in [0.717, 1.165) is 20.1 Å². The molecule has 4 aromatic rings. The second-order valence-electron chi connectivity index (χ2n) is 8.21. The van der Waals surface area contributed by atoms with Crippen LogP contribution in [0.1, 0.15) is 33.3 Å². The van der Waals surface area contributed by atoms with Crippen molar-refractivity contribution in [3.05, 3.63) is 102 Å². The quantitative estimate of drug-likeness (QED) is 0.267. The Morgan fingerprint density at radius 1 is 0.914 bits per heavy atom. The molecular weight excluding hydrogens is 578 g/mol. The molecule has 1 aliphatic rings. The molecule has 0 radical (unpaired) electrons. The number of hydrogen-bond donors (Lipinski definition) is 0. The highest BCUT2D eigenvalue weighted by molar-refractivity contribution is 9.10. The first kappa shape index (κ1) is 23.6. The van der Waals surface area contributed by atoms with Gasteiger partial charge in [0.2, 0.25) is 5.76 Å². The molecule has 35 heavy (non-hydrogen) atoms. The largest absolute Gasteiger partial charge is 0.493 e. The Labute approximate surface area is 218 Å². The van der Waals surface area contributed by atoms with Gasteiger partial charge in [0, 0.05) is 15.5 Å². The average Bonchev–Trinajstić information content (AvgIpc) is 3.14. The molecule has 0 saturated carbocycles. The van der Waals surface area contributed by atoms with E-state index >= 15 is 0 Å². The predicted molar refractivity (Wildman–Crippen MR) is 140 cm³/mol. The summed E-state index contributed by atoms with van der Waals surface area (Å²) >= 11 is 6.95. The highest BCUT2D eigenvalue weighted by atomic mass is 79.9. The number of amides is 1. The number of carbonyl (C=O) groups excluding carboxylic acids is 1. The Kier molecular flexibility index (Phi) is 6.42. The average molecular weight is 599 g/mol. The van der Waals surface area contributed by atoms with Gasteiger partial charge < -0.3 is 18.8 Å². The SMILES string of the molecule is COc1ccc(CCN2C(=O)c3oc4ccc(Br)cc4c(=O)c3[C@@H]2c2cccc(Br)c2)cc1OC. The fourth-order valence-electron chi connectivity index (χ4n) is 4.53. The molecule has 0 saturated heterocycles. The van der Waals surface area contributed by atoms with Crippen LogP contribution < -0.4 is 14.9 Å². The Hall–Kier alpha value is -3.10. The third-order valence-electron chi connectivity index (χ3n) is 6.18. The number of rotatable bonds is 6. The molecule has 0 bridgehead atoms. The molecule has 1 aliphatic heterocycles. The fourth-order valence-corrected chi connectivity index (χ4v) is 5.31. The van der Waals surface area contributed by atoms with Crippen molar-refractivity contribution in [1.29, 1.82) is 0 Å². The molecule has 0 fully saturated rings. The molecule has 0 N–H and O–H groups in total. The Balaban J connectivity index is 1.59. The Bertz CT molecular complexity index is 1510. The number of carbonyl (C=O) groups is 1. The summed E-state index contributed by atoms with van der Waals surface area (Å²) in [4.78, 5) is 29.0. The summed E-state index contributed by atoms with van der Waals surface area (Å²) in [7, 11) is 3.18. The van der Waals surface area contributed by atoms with Crippen LogP contribution in [0.25, 0.3) is 11.0 Å². The lowest BCUT2D eigenvalue weighted by Gasteiger charge is -2.25. The lowest BCUT2D eigenvalue weighted by atomic mass is 9.98. The lowest BCUT2D eigenvalue weighted by Crippen LogP contribution is -2.31. The minimum atomic E-state index is -0.560. The number of methoxy groups -OCH3 is 2. The molecule has 178 valence electrons. The van der Waals surface area contributed by atoms with Crippen LogP contribution in [0.15, 0.2) is 78.8 Å². The summed E-state index contributed by atoms with van der Waals surface area (Å²) in [6.45, 7) is 0.384. The zero-order valence-electron chi connectivity index (χ0n) is 19.0. The van der Waals surface area contributed by atoms with Crippen LogP contribution in [0, 0.1) is 0 Å². The van der Waals surface area contributed by atoms with Crippen molar-refractivity contribution in [2.45, 2.75) is 12.5 Å². The number of benzene rings is 3. The minimum Gasteiger partial charge on any atom is -0.493 e. The first-order valence-corrected chi connectivity index (χ1v) is 12.5. The van der Waals surface area contributed by atoms with Gasteiger partial charge in [-0.05, 0) is 60.0 Å². The van der Waals surface area contributed by atoms with Crippen molar-refractivity contribution in [1.82, 2.24) is 4.90 Å². The summed E-state index contributed by atoms with van der Waals surface area (Å²) in [6.07, 6.45) is 0.559. The normalized spacial score (nSPS) is 14.9. The standard InChI is InChI=1S/C27H21Br2NO5/c1-33-21-8-6-15(12-22(21)34-2)10-11-30-24(16-4-3-5-17(28)13-16)23-25(31)19-14-18(29)7-9-20(19)35-26(23)27(30)32/h3-9,12-14,24H,10-11H2,1-2H3/t24-/m0/s1. The molecule has 6 nitrogen and oxygen atoms in total. The monoisotopic (exact) mass is 597 g/mol. The van der Waals surface area contributed by atoms with Crippen LogP contribution in [0.4, 0.5) is 0 Å². The Morgan fingerprint density at radius 3 is 2.43 bits per heavy atom. The van der Waals surface area contributed by atoms with E-state index in [0.29, 0.717) is 41.0 Å². The van der Waals surface area contributed by atoms with Gasteiger partial charge in [-0.1, -0.05) is 50.1 Å². The molecule has 3 aromatic carbocycles. The van der Waals surface area contributed by atoms with Crippen LogP contribution >= 0.6 is 31.9 Å². The number of hydrogen-bond acceptors (Lipinski definition) is 5. The molecule has 1 atom stereocenters. The maximum atomic E-state index is 13.7. The maximum Gasteiger partial charge on any atom is 0.290 e. The lowest BCUT2D eigenvalue weighted by molar-refractivity contribution is 0.0730. The highest BCUT2D eigenvalue weighted by Crippen LogP contribution is 2.39. The first-order chi connectivity index (χ1) is 16.9. The molecule has 2 heterocycles. The van der Waals surface area contributed by atoms with Gasteiger partial charge in [-0.15, -0.1) is 0 Å². The fraction of sp³-hybridized carbons (Fsp3) is 0.185.